The fourth-order valence-corrected chi connectivity index (χ4v) is 4.40. The first kappa shape index (κ1) is 26.6. The minimum atomic E-state index is 0. The highest BCUT2D eigenvalue weighted by Gasteiger charge is 2.28. The zero-order chi connectivity index (χ0) is 23.3. The van der Waals surface area contributed by atoms with Crippen LogP contribution in [0.5, 0.6) is 5.75 Å². The molecule has 11 heteroatoms. The number of phenolic OH excluding ortho intramolecular Hbond substituents is 1. The molecule has 1 N–H and O–H groups in total. The van der Waals surface area contributed by atoms with Gasteiger partial charge in [0.1, 0.15) is 11.4 Å². The predicted octanol–water partition coefficient (Wildman–Crippen LogP) is 3.94. The quantitative estimate of drug-likeness (QED) is 0.437. The lowest BCUT2D eigenvalue weighted by atomic mass is 10.0. The van der Waals surface area contributed by atoms with Gasteiger partial charge in [0.15, 0.2) is 5.65 Å². The number of aromatic nitrogens is 6. The van der Waals surface area contributed by atoms with Gasteiger partial charge in [0, 0.05) is 36.3 Å². The Kier molecular flexibility index (Phi) is 7.83. The van der Waals surface area contributed by atoms with Gasteiger partial charge in [-0.25, -0.2) is 14.5 Å². The molecule has 1 aliphatic rings. The minimum absolute atomic E-state index is 0. The number of aromatic hydroxyl groups is 1. The van der Waals surface area contributed by atoms with E-state index in [4.69, 9.17) is 0 Å². The first-order valence-corrected chi connectivity index (χ1v) is 11.1. The number of benzene rings is 1. The van der Waals surface area contributed by atoms with Gasteiger partial charge in [0.25, 0.3) is 0 Å². The summed E-state index contributed by atoms with van der Waals surface area (Å²) in [7, 11) is 2.15. The van der Waals surface area contributed by atoms with Crippen LogP contribution in [0.15, 0.2) is 36.7 Å². The van der Waals surface area contributed by atoms with Crippen LogP contribution in [-0.2, 0) is 0 Å². The van der Waals surface area contributed by atoms with Crippen molar-refractivity contribution in [2.75, 3.05) is 25.0 Å². The van der Waals surface area contributed by atoms with Crippen molar-refractivity contribution in [1.29, 1.82) is 0 Å². The molecule has 5 rings (SSSR count). The molecule has 1 saturated heterocycles. The van der Waals surface area contributed by atoms with Crippen molar-refractivity contribution in [3.63, 3.8) is 0 Å². The van der Waals surface area contributed by atoms with Crippen LogP contribution in [0.2, 0.25) is 0 Å². The third kappa shape index (κ3) is 5.03. The molecule has 4 aromatic rings. The lowest BCUT2D eigenvalue weighted by Gasteiger charge is -2.42. The van der Waals surface area contributed by atoms with E-state index in [9.17, 15) is 5.11 Å². The molecular weight excluding hydrogens is 487 g/mol. The van der Waals surface area contributed by atoms with Gasteiger partial charge < -0.3 is 10.0 Å². The number of anilines is 1. The van der Waals surface area contributed by atoms with Crippen LogP contribution in [-0.4, -0.2) is 72.0 Å². The Morgan fingerprint density at radius 2 is 1.69 bits per heavy atom. The summed E-state index contributed by atoms with van der Waals surface area (Å²) in [6.45, 7) is 10.1. The molecule has 1 aromatic carbocycles. The zero-order valence-corrected chi connectivity index (χ0v) is 22.0. The highest BCUT2D eigenvalue weighted by atomic mass is 35.5. The van der Waals surface area contributed by atoms with Crippen LogP contribution in [0, 0.1) is 13.8 Å². The minimum Gasteiger partial charge on any atom is -0.507 e. The Balaban J connectivity index is 0.00000171. The predicted molar refractivity (Wildman–Crippen MR) is 142 cm³/mol. The van der Waals surface area contributed by atoms with Crippen molar-refractivity contribution in [3.05, 3.63) is 47.9 Å². The monoisotopic (exact) mass is 516 g/mol. The Labute approximate surface area is 217 Å². The molecule has 3 aromatic heterocycles. The first-order chi connectivity index (χ1) is 15.8. The summed E-state index contributed by atoms with van der Waals surface area (Å²) in [5.41, 5.74) is 5.46. The Hall–Kier alpha value is -3.01. The number of halogens is 2. The summed E-state index contributed by atoms with van der Waals surface area (Å²) in [6.07, 6.45) is 3.57. The van der Waals surface area contributed by atoms with E-state index in [2.05, 4.69) is 56.0 Å². The summed E-state index contributed by atoms with van der Waals surface area (Å²) in [6, 6.07) is 8.26. The number of imidazole rings is 1. The van der Waals surface area contributed by atoms with E-state index >= 15 is 0 Å². The Morgan fingerprint density at radius 3 is 2.31 bits per heavy atom. The maximum Gasteiger partial charge on any atom is 0.245 e. The van der Waals surface area contributed by atoms with Gasteiger partial charge >= 0.3 is 0 Å². The van der Waals surface area contributed by atoms with Gasteiger partial charge in [-0.2, -0.15) is 5.10 Å². The standard InChI is InChI=1S/C24H28N8O.2ClH/c1-14-8-20(29-32-11-15(2)26-23(14)32)18-6-7-19(22(33)9-18)21-10-25-24(28-27-21)31-12-16(3)30(5)17(4)13-31;;/h6-11,16-17,33H,12-13H2,1-5H3;2*1H/t16-,17+;;. The fraction of sp³-hybridized carbons (Fsp3) is 0.375. The summed E-state index contributed by atoms with van der Waals surface area (Å²) in [5.74, 6) is 0.727. The fourth-order valence-electron chi connectivity index (χ4n) is 4.40. The van der Waals surface area contributed by atoms with E-state index in [1.165, 1.54) is 0 Å². The molecule has 9 nitrogen and oxygen atoms in total. The van der Waals surface area contributed by atoms with Crippen LogP contribution in [0.25, 0.3) is 28.2 Å². The number of hydrogen-bond acceptors (Lipinski definition) is 8. The lowest BCUT2D eigenvalue weighted by molar-refractivity contribution is 0.169. The van der Waals surface area contributed by atoms with Gasteiger partial charge in [0.05, 0.1) is 23.8 Å². The molecular formula is C24H30Cl2N8O. The number of nitrogens with zero attached hydrogens (tertiary/aromatic N) is 8. The van der Waals surface area contributed by atoms with Crippen molar-refractivity contribution < 1.29 is 5.11 Å². The van der Waals surface area contributed by atoms with E-state index in [0.29, 0.717) is 29.3 Å². The van der Waals surface area contributed by atoms with Crippen molar-refractivity contribution in [2.45, 2.75) is 39.8 Å². The van der Waals surface area contributed by atoms with Crippen LogP contribution < -0.4 is 4.90 Å². The number of likely N-dealkylation sites (N-methyl/N-ethyl adjacent to an activating group) is 1. The van der Waals surface area contributed by atoms with Gasteiger partial charge in [-0.15, -0.1) is 35.0 Å². The number of hydrogen-bond donors (Lipinski definition) is 1. The molecule has 0 saturated carbocycles. The normalized spacial score (nSPS) is 18.3. The average Bonchev–Trinajstić information content (AvgIpc) is 3.18. The smallest absolute Gasteiger partial charge is 0.245 e. The number of fused-ring (bicyclic) bond motifs is 1. The molecule has 0 aliphatic carbocycles. The Bertz CT molecular complexity index is 1320. The third-order valence-corrected chi connectivity index (χ3v) is 6.49. The van der Waals surface area contributed by atoms with Crippen LogP contribution in [0.4, 0.5) is 5.95 Å². The zero-order valence-electron chi connectivity index (χ0n) is 20.4. The second-order valence-electron chi connectivity index (χ2n) is 9.01. The van der Waals surface area contributed by atoms with Crippen molar-refractivity contribution in [3.8, 4) is 28.3 Å². The summed E-state index contributed by atoms with van der Waals surface area (Å²) >= 11 is 0. The average molecular weight is 517 g/mol. The second kappa shape index (κ2) is 10.3. The molecule has 0 spiro atoms. The van der Waals surface area contributed by atoms with E-state index in [1.54, 1.807) is 16.8 Å². The number of piperazine rings is 1. The second-order valence-corrected chi connectivity index (χ2v) is 9.01. The molecule has 186 valence electrons. The molecule has 1 fully saturated rings. The van der Waals surface area contributed by atoms with Gasteiger partial charge in [0.2, 0.25) is 5.95 Å². The van der Waals surface area contributed by atoms with Crippen LogP contribution >= 0.6 is 24.8 Å². The van der Waals surface area contributed by atoms with Gasteiger partial charge in [-0.1, -0.05) is 6.07 Å². The molecule has 1 aliphatic heterocycles. The first-order valence-electron chi connectivity index (χ1n) is 11.1. The molecule has 35 heavy (non-hydrogen) atoms. The van der Waals surface area contributed by atoms with E-state index in [1.807, 2.05) is 38.2 Å². The maximum absolute atomic E-state index is 10.8. The Morgan fingerprint density at radius 1 is 0.971 bits per heavy atom. The van der Waals surface area contributed by atoms with Gasteiger partial charge in [-0.05, 0) is 58.5 Å². The number of aryl methyl sites for hydroxylation is 2. The number of phenols is 1. The largest absolute Gasteiger partial charge is 0.507 e. The summed E-state index contributed by atoms with van der Waals surface area (Å²) in [5, 5.41) is 24.1. The molecule has 2 atom stereocenters. The lowest BCUT2D eigenvalue weighted by Crippen LogP contribution is -2.55. The molecule has 0 unspecified atom stereocenters. The highest BCUT2D eigenvalue weighted by molar-refractivity contribution is 5.85. The van der Waals surface area contributed by atoms with Crippen LogP contribution in [0.1, 0.15) is 25.1 Å². The van der Waals surface area contributed by atoms with E-state index in [0.717, 1.165) is 41.3 Å². The molecule has 0 amide bonds. The van der Waals surface area contributed by atoms with Crippen molar-refractivity contribution in [1.82, 2.24) is 34.7 Å². The summed E-state index contributed by atoms with van der Waals surface area (Å²) < 4.78 is 1.78. The summed E-state index contributed by atoms with van der Waals surface area (Å²) in [4.78, 5) is 13.6. The SMILES string of the molecule is Cc1cn2nc(-c3ccc(-c4cnc(N5C[C@@H](C)N(C)[C@@H](C)C5)nn4)c(O)c3)cc(C)c2n1.Cl.Cl. The molecule has 4 heterocycles. The van der Waals surface area contributed by atoms with Crippen molar-refractivity contribution >= 4 is 36.4 Å². The topological polar surface area (TPSA) is 95.6 Å². The van der Waals surface area contributed by atoms with E-state index < -0.39 is 0 Å². The molecule has 0 radical (unpaired) electrons. The van der Waals surface area contributed by atoms with E-state index in [-0.39, 0.29) is 30.6 Å². The molecule has 0 bridgehead atoms. The van der Waals surface area contributed by atoms with Gasteiger partial charge in [-0.3, -0.25) is 4.90 Å². The third-order valence-electron chi connectivity index (χ3n) is 6.49. The van der Waals surface area contributed by atoms with Crippen LogP contribution in [0.3, 0.4) is 0 Å². The maximum atomic E-state index is 10.8. The highest BCUT2D eigenvalue weighted by Crippen LogP contribution is 2.32. The van der Waals surface area contributed by atoms with Crippen molar-refractivity contribution in [2.24, 2.45) is 0 Å². The number of rotatable bonds is 3.